The van der Waals surface area contributed by atoms with Gasteiger partial charge in [0.2, 0.25) is 5.91 Å². The predicted octanol–water partition coefficient (Wildman–Crippen LogP) is 1.91. The molecule has 1 aromatic rings. The van der Waals surface area contributed by atoms with Crippen LogP contribution in [0.25, 0.3) is 0 Å². The monoisotopic (exact) mass is 528 g/mol. The van der Waals surface area contributed by atoms with Crippen LogP contribution in [0.15, 0.2) is 24.0 Å². The number of likely N-dealkylation sites (N-methyl/N-ethyl adjacent to an activating group) is 1. The van der Waals surface area contributed by atoms with E-state index in [1.165, 1.54) is 0 Å². The summed E-state index contributed by atoms with van der Waals surface area (Å²) in [6.07, 6.45) is 2.98. The average molecular weight is 529 g/mol. The van der Waals surface area contributed by atoms with E-state index >= 15 is 0 Å². The molecule has 10 heteroatoms. The Bertz CT molecular complexity index is 1200. The van der Waals surface area contributed by atoms with Crippen LogP contribution in [0.4, 0.5) is 0 Å². The van der Waals surface area contributed by atoms with E-state index < -0.39 is 41.0 Å². The van der Waals surface area contributed by atoms with Gasteiger partial charge in [0, 0.05) is 30.9 Å². The number of aliphatic carboxylic acids is 1. The van der Waals surface area contributed by atoms with Crippen LogP contribution in [-0.2, 0) is 31.0 Å². The topological polar surface area (TPSA) is 135 Å². The summed E-state index contributed by atoms with van der Waals surface area (Å²) in [7, 11) is 3.62. The molecule has 0 unspecified atom stereocenters. The molecule has 1 aromatic carbocycles. The third-order valence-corrected chi connectivity index (χ3v) is 8.82. The summed E-state index contributed by atoms with van der Waals surface area (Å²) in [5.74, 6) is -0.701. The number of methoxy groups -OCH3 is 1. The SMILES string of the molecule is COc1ccc2c3c1O[C@H]1C(OC(=O)CCCC(=O)N[C@H](C(=O)O)C(C)C)=CC[C@@]4(O)[C@@H](C2)N(C)CC[C@]314. The summed E-state index contributed by atoms with van der Waals surface area (Å²) in [4.78, 5) is 38.6. The molecule has 10 nitrogen and oxygen atoms in total. The van der Waals surface area contributed by atoms with Crippen molar-refractivity contribution in [2.24, 2.45) is 5.92 Å². The van der Waals surface area contributed by atoms with Crippen molar-refractivity contribution < 1.29 is 38.8 Å². The first-order valence-corrected chi connectivity index (χ1v) is 13.3. The maximum absolute atomic E-state index is 12.8. The normalized spacial score (nSPS) is 29.6. The number of carboxylic acids is 1. The molecule has 206 valence electrons. The van der Waals surface area contributed by atoms with Crippen LogP contribution < -0.4 is 14.8 Å². The highest BCUT2D eigenvalue weighted by atomic mass is 16.6. The first-order valence-electron chi connectivity index (χ1n) is 13.3. The van der Waals surface area contributed by atoms with Crippen LogP contribution in [0.5, 0.6) is 11.5 Å². The Morgan fingerprint density at radius 2 is 2.03 bits per heavy atom. The van der Waals surface area contributed by atoms with Gasteiger partial charge in [-0.25, -0.2) is 4.79 Å². The number of carbonyl (C=O) groups is 3. The Balaban J connectivity index is 1.32. The third kappa shape index (κ3) is 3.88. The van der Waals surface area contributed by atoms with Crippen molar-refractivity contribution in [2.75, 3.05) is 20.7 Å². The molecule has 2 bridgehead atoms. The van der Waals surface area contributed by atoms with Crippen LogP contribution in [0.3, 0.4) is 0 Å². The lowest BCUT2D eigenvalue weighted by Gasteiger charge is -2.61. The van der Waals surface area contributed by atoms with Crippen molar-refractivity contribution in [3.63, 3.8) is 0 Å². The minimum absolute atomic E-state index is 0.00821. The second-order valence-electron chi connectivity index (χ2n) is 11.2. The summed E-state index contributed by atoms with van der Waals surface area (Å²) >= 11 is 0. The molecule has 3 N–H and O–H groups in total. The fraction of sp³-hybridized carbons (Fsp3) is 0.607. The number of esters is 1. The van der Waals surface area contributed by atoms with E-state index in [0.29, 0.717) is 36.5 Å². The number of hydrogen-bond acceptors (Lipinski definition) is 8. The fourth-order valence-corrected chi connectivity index (χ4v) is 6.92. The van der Waals surface area contributed by atoms with Gasteiger partial charge >= 0.3 is 11.9 Å². The fourth-order valence-electron chi connectivity index (χ4n) is 6.92. The second-order valence-corrected chi connectivity index (χ2v) is 11.2. The third-order valence-electron chi connectivity index (χ3n) is 8.82. The van der Waals surface area contributed by atoms with Crippen molar-refractivity contribution in [3.8, 4) is 11.5 Å². The van der Waals surface area contributed by atoms with Gasteiger partial charge in [0.15, 0.2) is 17.6 Å². The van der Waals surface area contributed by atoms with Crippen molar-refractivity contribution in [2.45, 2.75) is 81.6 Å². The highest BCUT2D eigenvalue weighted by molar-refractivity contribution is 5.84. The Kier molecular flexibility index (Phi) is 6.67. The van der Waals surface area contributed by atoms with Crippen LogP contribution in [0.1, 0.15) is 57.1 Å². The number of nitrogens with one attached hydrogen (secondary N) is 1. The summed E-state index contributed by atoms with van der Waals surface area (Å²) in [6.45, 7) is 4.21. The molecule has 1 fully saturated rings. The summed E-state index contributed by atoms with van der Waals surface area (Å²) < 4.78 is 17.9. The van der Waals surface area contributed by atoms with Crippen molar-refractivity contribution in [3.05, 3.63) is 35.1 Å². The number of rotatable bonds is 9. The molecule has 4 aliphatic rings. The molecule has 1 amide bonds. The molecule has 1 spiro atoms. The zero-order valence-corrected chi connectivity index (χ0v) is 22.3. The van der Waals surface area contributed by atoms with Gasteiger partial charge in [-0.2, -0.15) is 0 Å². The Morgan fingerprint density at radius 1 is 1.26 bits per heavy atom. The van der Waals surface area contributed by atoms with Crippen LogP contribution in [-0.4, -0.2) is 77.4 Å². The van der Waals surface area contributed by atoms with Crippen molar-refractivity contribution >= 4 is 17.8 Å². The lowest BCUT2D eigenvalue weighted by Crippen LogP contribution is -2.74. The Hall–Kier alpha value is -3.11. The summed E-state index contributed by atoms with van der Waals surface area (Å²) in [6, 6.07) is 2.86. The van der Waals surface area contributed by atoms with Crippen LogP contribution in [0.2, 0.25) is 0 Å². The molecule has 38 heavy (non-hydrogen) atoms. The molecule has 0 aromatic heterocycles. The molecule has 2 aliphatic carbocycles. The first kappa shape index (κ1) is 26.5. The van der Waals surface area contributed by atoms with Crippen LogP contribution >= 0.6 is 0 Å². The zero-order chi connectivity index (χ0) is 27.4. The lowest BCUT2D eigenvalue weighted by molar-refractivity contribution is -0.169. The van der Waals surface area contributed by atoms with Gasteiger partial charge in [-0.3, -0.25) is 9.59 Å². The summed E-state index contributed by atoms with van der Waals surface area (Å²) in [5.41, 5.74) is 0.240. The molecule has 2 heterocycles. The van der Waals surface area contributed by atoms with E-state index in [0.717, 1.165) is 17.7 Å². The number of piperidine rings is 1. The molecule has 1 saturated heterocycles. The van der Waals surface area contributed by atoms with Gasteiger partial charge in [-0.05, 0) is 56.5 Å². The standard InChI is InChI=1S/C28H36N2O8/c1-15(2)23(26(33)34)29-20(31)6-5-7-21(32)37-18-10-11-28(35)19-14-16-8-9-17(36-4)24-22(16)27(28,25(18)38-24)12-13-30(19)3/h8-10,15,19,23,25,35H,5-7,11-14H2,1-4H3,(H,29,31)(H,33,34)/t19-,23+,25+,27+,28-/m1/s1. The van der Waals surface area contributed by atoms with E-state index in [9.17, 15) is 24.6 Å². The Morgan fingerprint density at radius 3 is 2.71 bits per heavy atom. The predicted molar refractivity (Wildman–Crippen MR) is 136 cm³/mol. The van der Waals surface area contributed by atoms with E-state index in [2.05, 4.69) is 10.2 Å². The molecular formula is C28H36N2O8. The first-order chi connectivity index (χ1) is 18.0. The largest absolute Gasteiger partial charge is 0.493 e. The lowest BCUT2D eigenvalue weighted by atomic mass is 9.50. The van der Waals surface area contributed by atoms with E-state index in [1.54, 1.807) is 27.0 Å². The molecule has 2 aliphatic heterocycles. The maximum atomic E-state index is 12.8. The smallest absolute Gasteiger partial charge is 0.326 e. The highest BCUT2D eigenvalue weighted by Crippen LogP contribution is 2.65. The molecule has 0 radical (unpaired) electrons. The quantitative estimate of drug-likeness (QED) is 0.411. The van der Waals surface area contributed by atoms with Gasteiger partial charge in [0.05, 0.1) is 18.1 Å². The van der Waals surface area contributed by atoms with E-state index in [4.69, 9.17) is 14.2 Å². The zero-order valence-electron chi connectivity index (χ0n) is 22.3. The number of amides is 1. The maximum Gasteiger partial charge on any atom is 0.326 e. The number of carbonyl (C=O) groups excluding carboxylic acids is 2. The molecule has 5 rings (SSSR count). The highest BCUT2D eigenvalue weighted by Gasteiger charge is 2.72. The molecule has 5 atom stereocenters. The Labute approximate surface area is 221 Å². The number of aliphatic hydroxyl groups is 1. The second kappa shape index (κ2) is 9.57. The number of benzene rings is 1. The minimum Gasteiger partial charge on any atom is -0.493 e. The van der Waals surface area contributed by atoms with Gasteiger partial charge in [-0.1, -0.05) is 19.9 Å². The number of hydrogen-bond donors (Lipinski definition) is 3. The summed E-state index contributed by atoms with van der Waals surface area (Å²) in [5, 5.41) is 24.0. The minimum atomic E-state index is -1.09. The van der Waals surface area contributed by atoms with Gasteiger partial charge < -0.3 is 34.6 Å². The van der Waals surface area contributed by atoms with Crippen LogP contribution in [0, 0.1) is 5.92 Å². The number of likely N-dealkylation sites (tertiary alicyclic amines) is 1. The number of carboxylic acid groups (broad SMARTS) is 1. The van der Waals surface area contributed by atoms with E-state index in [1.807, 2.05) is 19.2 Å². The number of nitrogens with zero attached hydrogens (tertiary/aromatic N) is 1. The van der Waals surface area contributed by atoms with Gasteiger partial charge in [0.1, 0.15) is 11.8 Å². The van der Waals surface area contributed by atoms with E-state index in [-0.39, 0.29) is 31.2 Å². The number of ether oxygens (including phenoxy) is 3. The molecular weight excluding hydrogens is 492 g/mol. The van der Waals surface area contributed by atoms with Gasteiger partial charge in [0.25, 0.3) is 0 Å². The average Bonchev–Trinajstić information content (AvgIpc) is 3.22. The van der Waals surface area contributed by atoms with Gasteiger partial charge in [-0.15, -0.1) is 0 Å². The van der Waals surface area contributed by atoms with Crippen molar-refractivity contribution in [1.82, 2.24) is 10.2 Å². The molecule has 0 saturated carbocycles. The van der Waals surface area contributed by atoms with Crippen molar-refractivity contribution in [1.29, 1.82) is 0 Å².